The van der Waals surface area contributed by atoms with Crippen molar-refractivity contribution in [1.29, 1.82) is 0 Å². The standard InChI is InChI=1S/C14H24N2O2S/c1-2-6-11(10-19)9-16-12(17)14(15-13(16)18)7-4-3-5-8-14/h11,19H,2-10H2,1H3,(H,15,18). The number of carbonyl (C=O) groups excluding carboxylic acids is 2. The van der Waals surface area contributed by atoms with Crippen LogP contribution in [0.15, 0.2) is 0 Å². The Bertz CT molecular complexity index is 353. The Labute approximate surface area is 120 Å². The van der Waals surface area contributed by atoms with E-state index in [2.05, 4.69) is 24.9 Å². The van der Waals surface area contributed by atoms with Gasteiger partial charge in [-0.05, 0) is 30.9 Å². The highest BCUT2D eigenvalue weighted by molar-refractivity contribution is 7.80. The molecular weight excluding hydrogens is 260 g/mol. The fourth-order valence-electron chi connectivity index (χ4n) is 3.24. The largest absolute Gasteiger partial charge is 0.325 e. The molecule has 0 radical (unpaired) electrons. The van der Waals surface area contributed by atoms with Crippen LogP contribution in [0.4, 0.5) is 4.79 Å². The molecule has 1 aliphatic heterocycles. The summed E-state index contributed by atoms with van der Waals surface area (Å²) in [4.78, 5) is 26.1. The maximum atomic E-state index is 12.6. The van der Waals surface area contributed by atoms with Crippen molar-refractivity contribution in [2.75, 3.05) is 12.3 Å². The lowest BCUT2D eigenvalue weighted by Gasteiger charge is -2.30. The van der Waals surface area contributed by atoms with Gasteiger partial charge in [0.2, 0.25) is 0 Å². The van der Waals surface area contributed by atoms with Crippen LogP contribution in [0.2, 0.25) is 0 Å². The molecule has 0 aromatic carbocycles. The molecule has 3 amide bonds. The normalized spacial score (nSPS) is 23.8. The second-order valence-corrected chi connectivity index (χ2v) is 6.19. The summed E-state index contributed by atoms with van der Waals surface area (Å²) in [6.45, 7) is 2.63. The van der Waals surface area contributed by atoms with E-state index in [1.165, 1.54) is 11.3 Å². The fourth-order valence-corrected chi connectivity index (χ4v) is 3.54. The van der Waals surface area contributed by atoms with Gasteiger partial charge < -0.3 is 5.32 Å². The summed E-state index contributed by atoms with van der Waals surface area (Å²) in [5, 5.41) is 2.95. The minimum Gasteiger partial charge on any atom is -0.323 e. The van der Waals surface area contributed by atoms with Gasteiger partial charge in [0.1, 0.15) is 5.54 Å². The Morgan fingerprint density at radius 2 is 2.00 bits per heavy atom. The fraction of sp³-hybridized carbons (Fsp3) is 0.857. The smallest absolute Gasteiger partial charge is 0.323 e. The third-order valence-corrected chi connectivity index (χ3v) is 4.87. The molecule has 2 fully saturated rings. The van der Waals surface area contributed by atoms with Crippen LogP contribution in [0.1, 0.15) is 51.9 Å². The zero-order valence-electron chi connectivity index (χ0n) is 11.7. The monoisotopic (exact) mass is 284 g/mol. The Hall–Kier alpha value is -0.710. The van der Waals surface area contributed by atoms with Gasteiger partial charge in [-0.1, -0.05) is 32.6 Å². The van der Waals surface area contributed by atoms with E-state index in [1.54, 1.807) is 0 Å². The third kappa shape index (κ3) is 2.91. The van der Waals surface area contributed by atoms with Crippen molar-refractivity contribution in [3.8, 4) is 0 Å². The molecule has 1 saturated carbocycles. The third-order valence-electron chi connectivity index (χ3n) is 4.35. The highest BCUT2D eigenvalue weighted by Crippen LogP contribution is 2.34. The van der Waals surface area contributed by atoms with Crippen LogP contribution in [-0.2, 0) is 4.79 Å². The van der Waals surface area contributed by atoms with Crippen LogP contribution < -0.4 is 5.32 Å². The molecule has 1 saturated heterocycles. The topological polar surface area (TPSA) is 49.4 Å². The molecule has 5 heteroatoms. The molecule has 2 rings (SSSR count). The molecule has 1 N–H and O–H groups in total. The molecule has 1 heterocycles. The van der Waals surface area contributed by atoms with Crippen molar-refractivity contribution in [3.63, 3.8) is 0 Å². The predicted molar refractivity (Wildman–Crippen MR) is 78.3 cm³/mol. The van der Waals surface area contributed by atoms with Gasteiger partial charge in [-0.3, -0.25) is 9.69 Å². The molecule has 19 heavy (non-hydrogen) atoms. The van der Waals surface area contributed by atoms with Gasteiger partial charge >= 0.3 is 6.03 Å². The van der Waals surface area contributed by atoms with Crippen molar-refractivity contribution < 1.29 is 9.59 Å². The average Bonchev–Trinajstić information content (AvgIpc) is 2.63. The van der Waals surface area contributed by atoms with E-state index in [-0.39, 0.29) is 11.9 Å². The van der Waals surface area contributed by atoms with Gasteiger partial charge in [0.05, 0.1) is 0 Å². The lowest BCUT2D eigenvalue weighted by Crippen LogP contribution is -2.48. The van der Waals surface area contributed by atoms with E-state index in [4.69, 9.17) is 0 Å². The molecule has 0 bridgehead atoms. The number of hydrogen-bond acceptors (Lipinski definition) is 3. The summed E-state index contributed by atoms with van der Waals surface area (Å²) in [6.07, 6.45) is 6.89. The first-order valence-electron chi connectivity index (χ1n) is 7.38. The zero-order chi connectivity index (χ0) is 13.9. The van der Waals surface area contributed by atoms with Crippen LogP contribution >= 0.6 is 12.6 Å². The number of hydrogen-bond donors (Lipinski definition) is 2. The van der Waals surface area contributed by atoms with E-state index < -0.39 is 5.54 Å². The van der Waals surface area contributed by atoms with Gasteiger partial charge in [-0.15, -0.1) is 0 Å². The van der Waals surface area contributed by atoms with Crippen LogP contribution in [0.25, 0.3) is 0 Å². The van der Waals surface area contributed by atoms with Crippen molar-refractivity contribution in [2.24, 2.45) is 5.92 Å². The second-order valence-electron chi connectivity index (χ2n) is 5.83. The molecule has 0 aromatic heterocycles. The lowest BCUT2D eigenvalue weighted by molar-refractivity contribution is -0.132. The van der Waals surface area contributed by atoms with Crippen molar-refractivity contribution in [1.82, 2.24) is 10.2 Å². The summed E-state index contributed by atoms with van der Waals surface area (Å²) in [6, 6.07) is -0.199. The van der Waals surface area contributed by atoms with Gasteiger partial charge in [-0.2, -0.15) is 12.6 Å². The summed E-state index contributed by atoms with van der Waals surface area (Å²) in [5.41, 5.74) is -0.581. The molecular formula is C14H24N2O2S. The highest BCUT2D eigenvalue weighted by atomic mass is 32.1. The minimum atomic E-state index is -0.581. The molecule has 108 valence electrons. The van der Waals surface area contributed by atoms with Crippen molar-refractivity contribution in [2.45, 2.75) is 57.4 Å². The molecule has 1 unspecified atom stereocenters. The summed E-state index contributed by atoms with van der Waals surface area (Å²) < 4.78 is 0. The van der Waals surface area contributed by atoms with Gasteiger partial charge in [0.25, 0.3) is 5.91 Å². The summed E-state index contributed by atoms with van der Waals surface area (Å²) in [7, 11) is 0. The first kappa shape index (κ1) is 14.7. The average molecular weight is 284 g/mol. The van der Waals surface area contributed by atoms with Gasteiger partial charge in [0, 0.05) is 6.54 Å². The quantitative estimate of drug-likeness (QED) is 0.602. The number of carbonyl (C=O) groups is 2. The Balaban J connectivity index is 2.05. The minimum absolute atomic E-state index is 0.0000800. The molecule has 1 aliphatic carbocycles. The zero-order valence-corrected chi connectivity index (χ0v) is 12.5. The molecule has 1 spiro atoms. The number of rotatable bonds is 5. The second kappa shape index (κ2) is 6.16. The van der Waals surface area contributed by atoms with Crippen LogP contribution in [0.3, 0.4) is 0 Å². The molecule has 0 aromatic rings. The maximum absolute atomic E-state index is 12.6. The maximum Gasteiger partial charge on any atom is 0.325 e. The van der Waals surface area contributed by atoms with E-state index in [0.717, 1.165) is 44.3 Å². The number of urea groups is 1. The van der Waals surface area contributed by atoms with Crippen molar-refractivity contribution in [3.05, 3.63) is 0 Å². The Kier molecular flexibility index (Phi) is 4.76. The molecule has 4 nitrogen and oxygen atoms in total. The van der Waals surface area contributed by atoms with Crippen LogP contribution in [-0.4, -0.2) is 34.7 Å². The number of thiol groups is 1. The number of nitrogens with one attached hydrogen (secondary N) is 1. The van der Waals surface area contributed by atoms with E-state index in [9.17, 15) is 9.59 Å². The van der Waals surface area contributed by atoms with E-state index >= 15 is 0 Å². The predicted octanol–water partition coefficient (Wildman–Crippen LogP) is 2.59. The first-order chi connectivity index (χ1) is 9.13. The van der Waals surface area contributed by atoms with Crippen LogP contribution in [0, 0.1) is 5.92 Å². The summed E-state index contributed by atoms with van der Waals surface area (Å²) in [5.74, 6) is 1.03. The number of nitrogens with zero attached hydrogens (tertiary/aromatic N) is 1. The Morgan fingerprint density at radius 3 is 2.58 bits per heavy atom. The van der Waals surface area contributed by atoms with Gasteiger partial charge in [-0.25, -0.2) is 4.79 Å². The van der Waals surface area contributed by atoms with E-state index in [1.807, 2.05) is 0 Å². The number of amides is 3. The lowest BCUT2D eigenvalue weighted by atomic mass is 9.81. The van der Waals surface area contributed by atoms with E-state index in [0.29, 0.717) is 12.5 Å². The highest BCUT2D eigenvalue weighted by Gasteiger charge is 2.51. The molecule has 1 atom stereocenters. The number of imide groups is 1. The SMILES string of the molecule is CCCC(CS)CN1C(=O)NC2(CCCCC2)C1=O. The molecule has 2 aliphatic rings. The van der Waals surface area contributed by atoms with Crippen molar-refractivity contribution >= 4 is 24.6 Å². The Morgan fingerprint density at radius 1 is 1.32 bits per heavy atom. The van der Waals surface area contributed by atoms with Gasteiger partial charge in [0.15, 0.2) is 0 Å². The van der Waals surface area contributed by atoms with Crippen LogP contribution in [0.5, 0.6) is 0 Å². The summed E-state index contributed by atoms with van der Waals surface area (Å²) >= 11 is 4.33. The first-order valence-corrected chi connectivity index (χ1v) is 8.01.